The Kier molecular flexibility index (Phi) is 4.79. The van der Waals surface area contributed by atoms with Crippen molar-refractivity contribution in [1.29, 1.82) is 0 Å². The zero-order valence-corrected chi connectivity index (χ0v) is 7.78. The Balaban J connectivity index is 0.000000202. The van der Waals surface area contributed by atoms with Crippen LogP contribution >= 0.6 is 0 Å². The highest BCUT2D eigenvalue weighted by atomic mass is 32.3. The van der Waals surface area contributed by atoms with Crippen LogP contribution in [0.5, 0.6) is 0 Å². The lowest BCUT2D eigenvalue weighted by Crippen LogP contribution is -2.11. The topological polar surface area (TPSA) is 79.2 Å². The highest BCUT2D eigenvalue weighted by Gasteiger charge is 1.94. The fraction of sp³-hybridized carbons (Fsp3) is 0.800. The first-order chi connectivity index (χ1) is 5.45. The molecule has 1 rings (SSSR count). The molecule has 1 heterocycles. The van der Waals surface area contributed by atoms with E-state index in [4.69, 9.17) is 4.55 Å². The summed E-state index contributed by atoms with van der Waals surface area (Å²) < 4.78 is 29.7. The van der Waals surface area contributed by atoms with Crippen LogP contribution in [-0.4, -0.2) is 51.5 Å². The zero-order valence-electron chi connectivity index (χ0n) is 6.97. The first kappa shape index (κ1) is 11.3. The molecule has 0 aromatic carbocycles. The second kappa shape index (κ2) is 5.07. The highest BCUT2D eigenvalue weighted by Crippen LogP contribution is 1.84. The van der Waals surface area contributed by atoms with E-state index in [1.54, 1.807) is 0 Å². The van der Waals surface area contributed by atoms with Gasteiger partial charge in [0.15, 0.2) is 0 Å². The Morgan fingerprint density at radius 1 is 1.67 bits per heavy atom. The summed E-state index contributed by atoms with van der Waals surface area (Å²) in [6.45, 7) is 2.08. The van der Waals surface area contributed by atoms with Crippen molar-refractivity contribution in [2.24, 2.45) is 4.99 Å². The lowest BCUT2D eigenvalue weighted by molar-refractivity contribution is 0.324. The molecule has 12 heavy (non-hydrogen) atoms. The molecule has 6 nitrogen and oxygen atoms in total. The fourth-order valence-corrected chi connectivity index (χ4v) is 0.470. The van der Waals surface area contributed by atoms with Gasteiger partial charge in [0.1, 0.15) is 0 Å². The Morgan fingerprint density at radius 3 is 2.25 bits per heavy atom. The van der Waals surface area contributed by atoms with E-state index in [0.29, 0.717) is 0 Å². The van der Waals surface area contributed by atoms with Crippen LogP contribution in [0.25, 0.3) is 0 Å². The van der Waals surface area contributed by atoms with Crippen molar-refractivity contribution < 1.29 is 17.2 Å². The number of hydrogen-bond acceptors (Lipinski definition) is 5. The van der Waals surface area contributed by atoms with Crippen molar-refractivity contribution >= 4 is 16.7 Å². The van der Waals surface area contributed by atoms with Gasteiger partial charge in [-0.1, -0.05) is 0 Å². The van der Waals surface area contributed by atoms with Crippen LogP contribution in [0.3, 0.4) is 0 Å². The fourth-order valence-electron chi connectivity index (χ4n) is 0.470. The Labute approximate surface area is 71.8 Å². The predicted octanol–water partition coefficient (Wildman–Crippen LogP) is -0.604. The van der Waals surface area contributed by atoms with Crippen molar-refractivity contribution in [2.45, 2.75) is 0 Å². The molecule has 0 unspecified atom stereocenters. The van der Waals surface area contributed by atoms with Gasteiger partial charge >= 0.3 is 10.4 Å². The van der Waals surface area contributed by atoms with E-state index in [9.17, 15) is 8.42 Å². The first-order valence-electron chi connectivity index (χ1n) is 3.19. The summed E-state index contributed by atoms with van der Waals surface area (Å²) in [6.07, 6.45) is 1.86. The minimum atomic E-state index is -4.16. The van der Waals surface area contributed by atoms with E-state index in [0.717, 1.165) is 20.2 Å². The van der Waals surface area contributed by atoms with E-state index >= 15 is 0 Å². The third kappa shape index (κ3) is 7.45. The minimum Gasteiger partial charge on any atom is -0.364 e. The lowest BCUT2D eigenvalue weighted by atomic mass is 10.6. The molecular weight excluding hydrogens is 184 g/mol. The molecule has 0 atom stereocenters. The van der Waals surface area contributed by atoms with Crippen LogP contribution in [0.4, 0.5) is 0 Å². The quantitative estimate of drug-likeness (QED) is 0.566. The number of likely N-dealkylation sites (N-methyl/N-ethyl adjacent to an activating group) is 1. The second-order valence-electron chi connectivity index (χ2n) is 2.10. The standard InChI is InChI=1S/C4H8N2.CH4O4S/c1-6-3-2-5-4-6;1-5-6(2,3)4/h4H,2-3H2,1H3;1H3,(H,2,3,4). The monoisotopic (exact) mass is 196 g/mol. The van der Waals surface area contributed by atoms with Gasteiger partial charge in [-0.15, -0.1) is 0 Å². The van der Waals surface area contributed by atoms with E-state index < -0.39 is 10.4 Å². The molecule has 0 spiro atoms. The third-order valence-electron chi connectivity index (χ3n) is 1.07. The maximum atomic E-state index is 9.33. The molecule has 0 amide bonds. The summed E-state index contributed by atoms with van der Waals surface area (Å²) in [5, 5.41) is 0. The summed E-state index contributed by atoms with van der Waals surface area (Å²) in [6, 6.07) is 0. The van der Waals surface area contributed by atoms with Crippen LogP contribution < -0.4 is 0 Å². The Bertz CT molecular complexity index is 236. The van der Waals surface area contributed by atoms with Crippen molar-refractivity contribution in [3.8, 4) is 0 Å². The molecule has 0 bridgehead atoms. The van der Waals surface area contributed by atoms with E-state index in [1.807, 2.05) is 13.4 Å². The Hall–Kier alpha value is -0.660. The van der Waals surface area contributed by atoms with Crippen LogP contribution in [0.2, 0.25) is 0 Å². The summed E-state index contributed by atoms with van der Waals surface area (Å²) >= 11 is 0. The average molecular weight is 196 g/mol. The molecule has 0 saturated heterocycles. The molecule has 0 aromatic rings. The predicted molar refractivity (Wildman–Crippen MR) is 44.5 cm³/mol. The minimum absolute atomic E-state index is 0.870. The summed E-state index contributed by atoms with van der Waals surface area (Å²) in [5.74, 6) is 0. The molecule has 0 radical (unpaired) electrons. The molecule has 1 aliphatic rings. The average Bonchev–Trinajstić information content (AvgIpc) is 2.39. The molecule has 0 aromatic heterocycles. The van der Waals surface area contributed by atoms with Gasteiger partial charge < -0.3 is 4.90 Å². The van der Waals surface area contributed by atoms with Gasteiger partial charge in [0.2, 0.25) is 0 Å². The van der Waals surface area contributed by atoms with Crippen LogP contribution in [0.1, 0.15) is 0 Å². The molecule has 0 fully saturated rings. The van der Waals surface area contributed by atoms with E-state index in [-0.39, 0.29) is 0 Å². The number of aliphatic imine (C=N–C) groups is 1. The normalized spacial score (nSPS) is 15.8. The van der Waals surface area contributed by atoms with E-state index in [1.165, 1.54) is 0 Å². The largest absolute Gasteiger partial charge is 0.397 e. The zero-order chi connectivity index (χ0) is 9.61. The molecule has 7 heteroatoms. The maximum absolute atomic E-state index is 9.33. The summed E-state index contributed by atoms with van der Waals surface area (Å²) in [4.78, 5) is 6.03. The van der Waals surface area contributed by atoms with Gasteiger partial charge in [0, 0.05) is 13.6 Å². The number of hydrogen-bond donors (Lipinski definition) is 1. The highest BCUT2D eigenvalue weighted by molar-refractivity contribution is 7.80. The molecule has 0 saturated carbocycles. The SMILES string of the molecule is CN1C=NCC1.COS(=O)(=O)O. The molecular formula is C5H12N2O4S. The van der Waals surface area contributed by atoms with Crippen LogP contribution in [-0.2, 0) is 14.6 Å². The number of nitrogens with zero attached hydrogens (tertiary/aromatic N) is 2. The summed E-state index contributed by atoms with van der Waals surface area (Å²) in [5.41, 5.74) is 0. The smallest absolute Gasteiger partial charge is 0.364 e. The second-order valence-corrected chi connectivity index (χ2v) is 3.29. The van der Waals surface area contributed by atoms with Crippen LogP contribution in [0.15, 0.2) is 4.99 Å². The van der Waals surface area contributed by atoms with Gasteiger partial charge in [-0.2, -0.15) is 8.42 Å². The van der Waals surface area contributed by atoms with Gasteiger partial charge in [-0.25, -0.2) is 0 Å². The molecule has 0 aliphatic carbocycles. The van der Waals surface area contributed by atoms with Crippen molar-refractivity contribution in [3.05, 3.63) is 0 Å². The van der Waals surface area contributed by atoms with E-state index in [2.05, 4.69) is 14.1 Å². The van der Waals surface area contributed by atoms with Crippen LogP contribution in [0, 0.1) is 0 Å². The van der Waals surface area contributed by atoms with Gasteiger partial charge in [0.05, 0.1) is 20.0 Å². The third-order valence-corrected chi connectivity index (χ3v) is 1.49. The first-order valence-corrected chi connectivity index (χ1v) is 4.55. The molecule has 1 aliphatic heterocycles. The van der Waals surface area contributed by atoms with Gasteiger partial charge in [-0.3, -0.25) is 13.7 Å². The summed E-state index contributed by atoms with van der Waals surface area (Å²) in [7, 11) is -1.27. The molecule has 1 N–H and O–H groups in total. The molecule has 72 valence electrons. The van der Waals surface area contributed by atoms with Crippen molar-refractivity contribution in [1.82, 2.24) is 4.90 Å². The van der Waals surface area contributed by atoms with Gasteiger partial charge in [0.25, 0.3) is 0 Å². The lowest BCUT2D eigenvalue weighted by Gasteiger charge is -1.99. The van der Waals surface area contributed by atoms with Crippen molar-refractivity contribution in [3.63, 3.8) is 0 Å². The Morgan fingerprint density at radius 2 is 2.17 bits per heavy atom. The van der Waals surface area contributed by atoms with Gasteiger partial charge in [-0.05, 0) is 0 Å². The maximum Gasteiger partial charge on any atom is 0.397 e. The number of rotatable bonds is 1. The van der Waals surface area contributed by atoms with Crippen molar-refractivity contribution in [2.75, 3.05) is 27.2 Å².